The summed E-state index contributed by atoms with van der Waals surface area (Å²) in [6.07, 6.45) is 5.38. The number of anilines is 1. The maximum Gasteiger partial charge on any atom is 0.291 e. The van der Waals surface area contributed by atoms with Crippen molar-refractivity contribution in [2.24, 2.45) is 4.99 Å². The number of nitrogens with one attached hydrogen (secondary N) is 1. The summed E-state index contributed by atoms with van der Waals surface area (Å²) in [7, 11) is 0. The van der Waals surface area contributed by atoms with E-state index < -0.39 is 5.92 Å². The van der Waals surface area contributed by atoms with E-state index in [0.29, 0.717) is 11.6 Å². The summed E-state index contributed by atoms with van der Waals surface area (Å²) in [5.74, 6) is -3.01. The van der Waals surface area contributed by atoms with E-state index >= 15 is 0 Å². The van der Waals surface area contributed by atoms with Crippen LogP contribution in [0.4, 0.5) is 14.5 Å². The van der Waals surface area contributed by atoms with Crippen LogP contribution in [0.2, 0.25) is 0 Å². The van der Waals surface area contributed by atoms with Crippen LogP contribution in [0.1, 0.15) is 11.1 Å². The summed E-state index contributed by atoms with van der Waals surface area (Å²) < 4.78 is 26.7. The Morgan fingerprint density at radius 3 is 2.94 bits per heavy atom. The first kappa shape index (κ1) is 10.5. The van der Waals surface area contributed by atoms with E-state index in [-0.39, 0.29) is 5.56 Å². The van der Waals surface area contributed by atoms with Crippen LogP contribution in [-0.4, -0.2) is 6.21 Å². The first-order valence-corrected chi connectivity index (χ1v) is 4.74. The average molecular weight is 220 g/mol. The molecule has 2 rings (SSSR count). The van der Waals surface area contributed by atoms with Gasteiger partial charge in [0.2, 0.25) is 0 Å². The summed E-state index contributed by atoms with van der Waals surface area (Å²) in [6, 6.07) is 4.38. The first-order chi connectivity index (χ1) is 7.63. The SMILES string of the molecule is C=CC(F)(F)c1ccc2c(c1)C=NC=CN2. The van der Waals surface area contributed by atoms with Crippen molar-refractivity contribution < 1.29 is 8.78 Å². The summed E-state index contributed by atoms with van der Waals surface area (Å²) >= 11 is 0. The van der Waals surface area contributed by atoms with Gasteiger partial charge < -0.3 is 5.32 Å². The van der Waals surface area contributed by atoms with Crippen LogP contribution in [0, 0.1) is 0 Å². The molecule has 0 atom stereocenters. The van der Waals surface area contributed by atoms with E-state index in [4.69, 9.17) is 0 Å². The number of hydrogen-bond donors (Lipinski definition) is 1. The number of halogens is 2. The lowest BCUT2D eigenvalue weighted by molar-refractivity contribution is 0.0525. The average Bonchev–Trinajstić information content (AvgIpc) is 2.53. The Balaban J connectivity index is 2.47. The third-order valence-corrected chi connectivity index (χ3v) is 2.31. The number of fused-ring (bicyclic) bond motifs is 1. The van der Waals surface area contributed by atoms with Gasteiger partial charge in [-0.3, -0.25) is 4.99 Å². The maximum absolute atomic E-state index is 13.4. The number of aliphatic imine (C=N–C) groups is 1. The Hall–Kier alpha value is -1.97. The summed E-state index contributed by atoms with van der Waals surface area (Å²) in [6.45, 7) is 3.13. The van der Waals surface area contributed by atoms with E-state index in [1.807, 2.05) is 0 Å². The normalized spacial score (nSPS) is 13.9. The molecule has 1 aliphatic heterocycles. The molecule has 2 nitrogen and oxygen atoms in total. The Labute approximate surface area is 92.0 Å². The molecule has 82 valence electrons. The molecule has 0 aliphatic carbocycles. The van der Waals surface area contributed by atoms with Crippen LogP contribution < -0.4 is 5.32 Å². The van der Waals surface area contributed by atoms with Gasteiger partial charge in [0.1, 0.15) is 0 Å². The summed E-state index contributed by atoms with van der Waals surface area (Å²) in [4.78, 5) is 3.92. The number of benzene rings is 1. The molecule has 1 aliphatic rings. The third-order valence-electron chi connectivity index (χ3n) is 2.31. The van der Waals surface area contributed by atoms with Crippen molar-refractivity contribution in [1.29, 1.82) is 0 Å². The number of allylic oxidation sites excluding steroid dienone is 1. The predicted octanol–water partition coefficient (Wildman–Crippen LogP) is 3.28. The second-order valence-electron chi connectivity index (χ2n) is 3.37. The predicted molar refractivity (Wildman–Crippen MR) is 60.9 cm³/mol. The van der Waals surface area contributed by atoms with E-state index in [1.54, 1.807) is 18.5 Å². The Bertz CT molecular complexity index is 476. The van der Waals surface area contributed by atoms with Crippen LogP contribution in [0.15, 0.2) is 48.2 Å². The maximum atomic E-state index is 13.4. The molecule has 0 aromatic heterocycles. The fraction of sp³-hybridized carbons (Fsp3) is 0.0833. The fourth-order valence-electron chi connectivity index (χ4n) is 1.42. The van der Waals surface area contributed by atoms with E-state index in [2.05, 4.69) is 16.9 Å². The second-order valence-corrected chi connectivity index (χ2v) is 3.37. The second kappa shape index (κ2) is 3.89. The van der Waals surface area contributed by atoms with Crippen LogP contribution in [0.25, 0.3) is 0 Å². The quantitative estimate of drug-likeness (QED) is 0.760. The molecule has 4 heteroatoms. The molecule has 0 amide bonds. The molecular formula is C12H10F2N2. The first-order valence-electron chi connectivity index (χ1n) is 4.74. The zero-order valence-corrected chi connectivity index (χ0v) is 8.45. The highest BCUT2D eigenvalue weighted by Gasteiger charge is 2.27. The third kappa shape index (κ3) is 1.86. The zero-order valence-electron chi connectivity index (χ0n) is 8.45. The Morgan fingerprint density at radius 1 is 1.38 bits per heavy atom. The minimum absolute atomic E-state index is 0.0867. The van der Waals surface area contributed by atoms with Gasteiger partial charge in [0.05, 0.1) is 0 Å². The topological polar surface area (TPSA) is 24.4 Å². The van der Waals surface area contributed by atoms with Gasteiger partial charge in [-0.1, -0.05) is 12.6 Å². The van der Waals surface area contributed by atoms with E-state index in [1.165, 1.54) is 18.3 Å². The van der Waals surface area contributed by atoms with E-state index in [0.717, 1.165) is 5.69 Å². The van der Waals surface area contributed by atoms with Gasteiger partial charge in [-0.15, -0.1) is 0 Å². The minimum Gasteiger partial charge on any atom is -0.360 e. The standard InChI is InChI=1S/C12H10F2N2/c1-2-12(13,14)10-3-4-11-9(7-10)8-15-5-6-16-11/h2-8,16H,1H2. The smallest absolute Gasteiger partial charge is 0.291 e. The molecular weight excluding hydrogens is 210 g/mol. The van der Waals surface area contributed by atoms with Gasteiger partial charge in [-0.25, -0.2) is 0 Å². The van der Waals surface area contributed by atoms with Gasteiger partial charge in [-0.05, 0) is 18.2 Å². The van der Waals surface area contributed by atoms with Gasteiger partial charge in [0.25, 0.3) is 5.92 Å². The molecule has 1 aromatic rings. The van der Waals surface area contributed by atoms with Crippen LogP contribution in [-0.2, 0) is 5.92 Å². The van der Waals surface area contributed by atoms with Gasteiger partial charge >= 0.3 is 0 Å². The number of nitrogens with zero attached hydrogens (tertiary/aromatic N) is 1. The largest absolute Gasteiger partial charge is 0.360 e. The number of alkyl halides is 2. The molecule has 0 unspecified atom stereocenters. The molecule has 0 bridgehead atoms. The van der Waals surface area contributed by atoms with Crippen molar-refractivity contribution in [2.45, 2.75) is 5.92 Å². The van der Waals surface area contributed by atoms with Crippen molar-refractivity contribution in [3.05, 3.63) is 54.4 Å². The summed E-state index contributed by atoms with van der Waals surface area (Å²) in [5, 5.41) is 2.95. The van der Waals surface area contributed by atoms with Crippen molar-refractivity contribution in [3.63, 3.8) is 0 Å². The molecule has 0 spiro atoms. The molecule has 1 N–H and O–H groups in total. The van der Waals surface area contributed by atoms with Crippen molar-refractivity contribution >= 4 is 11.9 Å². The highest BCUT2D eigenvalue weighted by atomic mass is 19.3. The van der Waals surface area contributed by atoms with Crippen LogP contribution in [0.5, 0.6) is 0 Å². The zero-order chi connectivity index (χ0) is 11.6. The monoisotopic (exact) mass is 220 g/mol. The molecule has 1 heterocycles. The molecule has 0 fully saturated rings. The Kier molecular flexibility index (Phi) is 2.56. The lowest BCUT2D eigenvalue weighted by Gasteiger charge is -2.13. The van der Waals surface area contributed by atoms with E-state index in [9.17, 15) is 8.78 Å². The molecule has 0 saturated heterocycles. The van der Waals surface area contributed by atoms with Crippen LogP contribution >= 0.6 is 0 Å². The summed E-state index contributed by atoms with van der Waals surface area (Å²) in [5.41, 5.74) is 1.29. The number of hydrogen-bond acceptors (Lipinski definition) is 2. The Morgan fingerprint density at radius 2 is 2.19 bits per heavy atom. The molecule has 1 aromatic carbocycles. The lowest BCUT2D eigenvalue weighted by atomic mass is 10.0. The molecule has 0 saturated carbocycles. The lowest BCUT2D eigenvalue weighted by Crippen LogP contribution is -2.09. The fourth-order valence-corrected chi connectivity index (χ4v) is 1.42. The van der Waals surface area contributed by atoms with Gasteiger partial charge in [0, 0.05) is 35.4 Å². The van der Waals surface area contributed by atoms with Crippen LogP contribution in [0.3, 0.4) is 0 Å². The highest BCUT2D eigenvalue weighted by Crippen LogP contribution is 2.31. The van der Waals surface area contributed by atoms with Crippen molar-refractivity contribution in [2.75, 3.05) is 5.32 Å². The number of rotatable bonds is 2. The highest BCUT2D eigenvalue weighted by molar-refractivity contribution is 5.89. The molecule has 0 radical (unpaired) electrons. The van der Waals surface area contributed by atoms with Gasteiger partial charge in [-0.2, -0.15) is 8.78 Å². The van der Waals surface area contributed by atoms with Crippen molar-refractivity contribution in [1.82, 2.24) is 0 Å². The van der Waals surface area contributed by atoms with Gasteiger partial charge in [0.15, 0.2) is 0 Å². The molecule has 16 heavy (non-hydrogen) atoms. The minimum atomic E-state index is -3.01. The van der Waals surface area contributed by atoms with Crippen molar-refractivity contribution in [3.8, 4) is 0 Å².